The van der Waals surface area contributed by atoms with Crippen molar-refractivity contribution in [2.45, 2.75) is 13.0 Å². The summed E-state index contributed by atoms with van der Waals surface area (Å²) in [6.45, 7) is 1.05. The summed E-state index contributed by atoms with van der Waals surface area (Å²) in [5.74, 6) is -0.422. The lowest BCUT2D eigenvalue weighted by Gasteiger charge is -2.28. The van der Waals surface area contributed by atoms with Crippen molar-refractivity contribution in [3.63, 3.8) is 0 Å². The van der Waals surface area contributed by atoms with Crippen LogP contribution in [0, 0.1) is 0 Å². The van der Waals surface area contributed by atoms with Gasteiger partial charge in [0.05, 0.1) is 29.4 Å². The molecule has 7 heteroatoms. The van der Waals surface area contributed by atoms with Gasteiger partial charge in [0.15, 0.2) is 0 Å². The van der Waals surface area contributed by atoms with Crippen molar-refractivity contribution in [1.29, 1.82) is 0 Å². The normalized spacial score (nSPS) is 13.1. The Bertz CT molecular complexity index is 1610. The second-order valence-corrected chi connectivity index (χ2v) is 8.62. The molecule has 6 rings (SSSR count). The molecule has 1 aliphatic rings. The lowest BCUT2D eigenvalue weighted by Crippen LogP contribution is -2.36. The van der Waals surface area contributed by atoms with Crippen molar-refractivity contribution in [2.24, 2.45) is 0 Å². The Kier molecular flexibility index (Phi) is 5.03. The Balaban J connectivity index is 1.41. The van der Waals surface area contributed by atoms with Crippen LogP contribution in [0.25, 0.3) is 33.1 Å². The molecule has 0 aliphatic carbocycles. The molecule has 1 N–H and O–H groups in total. The number of amides is 1. The molecule has 0 bridgehead atoms. The fourth-order valence-electron chi connectivity index (χ4n) is 4.82. The van der Waals surface area contributed by atoms with Crippen LogP contribution in [-0.2, 0) is 17.7 Å². The monoisotopic (exact) mass is 462 g/mol. The molecule has 0 saturated heterocycles. The summed E-state index contributed by atoms with van der Waals surface area (Å²) < 4.78 is 4.89. The van der Waals surface area contributed by atoms with Gasteiger partial charge >= 0.3 is 5.97 Å². The number of aromatic amines is 1. The van der Waals surface area contributed by atoms with Crippen LogP contribution in [0.4, 0.5) is 0 Å². The van der Waals surface area contributed by atoms with E-state index in [0.29, 0.717) is 36.3 Å². The van der Waals surface area contributed by atoms with Crippen molar-refractivity contribution in [3.05, 3.63) is 95.4 Å². The molecular weight excluding hydrogens is 440 g/mol. The minimum absolute atomic E-state index is 0.0436. The van der Waals surface area contributed by atoms with Gasteiger partial charge in [0.1, 0.15) is 0 Å². The third-order valence-corrected chi connectivity index (χ3v) is 6.59. The fourth-order valence-corrected chi connectivity index (χ4v) is 4.82. The first kappa shape index (κ1) is 21.0. The number of hydrogen-bond acceptors (Lipinski definition) is 5. The van der Waals surface area contributed by atoms with E-state index in [-0.39, 0.29) is 11.9 Å². The van der Waals surface area contributed by atoms with Gasteiger partial charge in [0.2, 0.25) is 0 Å². The minimum Gasteiger partial charge on any atom is -0.465 e. The molecule has 4 heterocycles. The number of rotatable bonds is 3. The highest BCUT2D eigenvalue weighted by molar-refractivity contribution is 6.07. The first-order chi connectivity index (χ1) is 17.1. The summed E-state index contributed by atoms with van der Waals surface area (Å²) in [5, 5.41) is 1.76. The molecule has 1 aliphatic heterocycles. The standard InChI is InChI=1S/C28H22N4O3/c1-35-28(34)17-8-9-24-20(13-17)22-16-32(12-10-25(22)30-24)27(33)21-14-26(18-5-4-11-29-15-18)31-23-7-3-2-6-19(21)23/h2-9,11,13-15,30H,10,12,16H2,1H3. The average Bonchev–Trinajstić information content (AvgIpc) is 3.29. The molecule has 0 spiro atoms. The zero-order valence-corrected chi connectivity index (χ0v) is 19.1. The van der Waals surface area contributed by atoms with Crippen molar-refractivity contribution in [3.8, 4) is 11.3 Å². The number of hydrogen-bond donors (Lipinski definition) is 1. The molecular formula is C28H22N4O3. The van der Waals surface area contributed by atoms with Gasteiger partial charge in [-0.3, -0.25) is 9.78 Å². The van der Waals surface area contributed by atoms with Crippen molar-refractivity contribution < 1.29 is 14.3 Å². The second kappa shape index (κ2) is 8.36. The summed E-state index contributed by atoms with van der Waals surface area (Å²) in [7, 11) is 1.37. The summed E-state index contributed by atoms with van der Waals surface area (Å²) in [6, 6.07) is 18.9. The molecule has 0 radical (unpaired) electrons. The number of nitrogens with zero attached hydrogens (tertiary/aromatic N) is 3. The van der Waals surface area contributed by atoms with E-state index in [1.54, 1.807) is 18.5 Å². The van der Waals surface area contributed by atoms with Crippen LogP contribution in [0.5, 0.6) is 0 Å². The van der Waals surface area contributed by atoms with Gasteiger partial charge in [-0.25, -0.2) is 9.78 Å². The summed E-state index contributed by atoms with van der Waals surface area (Å²) in [5.41, 5.74) is 6.54. The highest BCUT2D eigenvalue weighted by atomic mass is 16.5. The van der Waals surface area contributed by atoms with E-state index in [4.69, 9.17) is 9.72 Å². The number of aromatic nitrogens is 3. The molecule has 0 saturated carbocycles. The molecule has 172 valence electrons. The molecule has 1 amide bonds. The fraction of sp³-hybridized carbons (Fsp3) is 0.143. The van der Waals surface area contributed by atoms with Crippen LogP contribution in [0.15, 0.2) is 73.1 Å². The number of fused-ring (bicyclic) bond motifs is 4. The highest BCUT2D eigenvalue weighted by Crippen LogP contribution is 2.31. The zero-order chi connectivity index (χ0) is 23.9. The van der Waals surface area contributed by atoms with E-state index < -0.39 is 0 Å². The number of H-pyrrole nitrogens is 1. The van der Waals surface area contributed by atoms with Gasteiger partial charge in [0.25, 0.3) is 5.91 Å². The number of carbonyl (C=O) groups excluding carboxylic acids is 2. The average molecular weight is 463 g/mol. The molecule has 35 heavy (non-hydrogen) atoms. The van der Waals surface area contributed by atoms with E-state index in [1.165, 1.54) is 7.11 Å². The Morgan fingerprint density at radius 3 is 2.74 bits per heavy atom. The van der Waals surface area contributed by atoms with E-state index in [2.05, 4.69) is 9.97 Å². The van der Waals surface area contributed by atoms with Crippen LogP contribution < -0.4 is 0 Å². The molecule has 7 nitrogen and oxygen atoms in total. The maximum Gasteiger partial charge on any atom is 0.337 e. The molecule has 0 unspecified atom stereocenters. The van der Waals surface area contributed by atoms with Gasteiger partial charge in [-0.15, -0.1) is 0 Å². The van der Waals surface area contributed by atoms with E-state index in [0.717, 1.165) is 38.6 Å². The van der Waals surface area contributed by atoms with Crippen molar-refractivity contribution >= 4 is 33.7 Å². The van der Waals surface area contributed by atoms with Gasteiger partial charge in [0, 0.05) is 65.0 Å². The quantitative estimate of drug-likeness (QED) is 0.391. The first-order valence-electron chi connectivity index (χ1n) is 11.4. The molecule has 3 aromatic heterocycles. The van der Waals surface area contributed by atoms with Crippen molar-refractivity contribution in [1.82, 2.24) is 19.9 Å². The Morgan fingerprint density at radius 1 is 1.03 bits per heavy atom. The summed E-state index contributed by atoms with van der Waals surface area (Å²) in [6.07, 6.45) is 4.18. The minimum atomic E-state index is -0.378. The summed E-state index contributed by atoms with van der Waals surface area (Å²) in [4.78, 5) is 40.3. The van der Waals surface area contributed by atoms with Crippen LogP contribution in [0.2, 0.25) is 0 Å². The SMILES string of the molecule is COC(=O)c1ccc2[nH]c3c(c2c1)CN(C(=O)c1cc(-c2cccnc2)nc2ccccc12)CC3. The van der Waals surface area contributed by atoms with Crippen LogP contribution >= 0.6 is 0 Å². The number of esters is 1. The largest absolute Gasteiger partial charge is 0.465 e. The van der Waals surface area contributed by atoms with E-state index in [1.807, 2.05) is 59.5 Å². The number of carbonyl (C=O) groups is 2. The van der Waals surface area contributed by atoms with E-state index in [9.17, 15) is 9.59 Å². The zero-order valence-electron chi connectivity index (χ0n) is 19.1. The predicted molar refractivity (Wildman–Crippen MR) is 133 cm³/mol. The maximum atomic E-state index is 13.9. The van der Waals surface area contributed by atoms with Crippen molar-refractivity contribution in [2.75, 3.05) is 13.7 Å². The molecule has 2 aromatic carbocycles. The lowest BCUT2D eigenvalue weighted by atomic mass is 10.00. The number of methoxy groups -OCH3 is 1. The maximum absolute atomic E-state index is 13.9. The number of nitrogens with one attached hydrogen (secondary N) is 1. The Morgan fingerprint density at radius 2 is 1.91 bits per heavy atom. The predicted octanol–water partition coefficient (Wildman–Crippen LogP) is 4.76. The Hall–Kier alpha value is -4.52. The molecule has 5 aromatic rings. The highest BCUT2D eigenvalue weighted by Gasteiger charge is 2.27. The third-order valence-electron chi connectivity index (χ3n) is 6.59. The smallest absolute Gasteiger partial charge is 0.337 e. The van der Waals surface area contributed by atoms with Gasteiger partial charge in [-0.05, 0) is 42.5 Å². The number of benzene rings is 2. The third kappa shape index (κ3) is 3.61. The number of ether oxygens (including phenoxy) is 1. The molecule has 0 fully saturated rings. The first-order valence-corrected chi connectivity index (χ1v) is 11.4. The van der Waals surface area contributed by atoms with E-state index >= 15 is 0 Å². The number of pyridine rings is 2. The van der Waals surface area contributed by atoms with Gasteiger partial charge in [-0.2, -0.15) is 0 Å². The van der Waals surface area contributed by atoms with Crippen LogP contribution in [0.3, 0.4) is 0 Å². The van der Waals surface area contributed by atoms with Crippen LogP contribution in [-0.4, -0.2) is 45.4 Å². The Labute approximate surface area is 201 Å². The topological polar surface area (TPSA) is 88.2 Å². The number of para-hydroxylation sites is 1. The lowest BCUT2D eigenvalue weighted by molar-refractivity contribution is 0.0600. The summed E-state index contributed by atoms with van der Waals surface area (Å²) >= 11 is 0. The second-order valence-electron chi connectivity index (χ2n) is 8.62. The van der Waals surface area contributed by atoms with Gasteiger partial charge < -0.3 is 14.6 Å². The molecule has 0 atom stereocenters. The van der Waals surface area contributed by atoms with Crippen LogP contribution in [0.1, 0.15) is 32.0 Å². The van der Waals surface area contributed by atoms with Gasteiger partial charge in [-0.1, -0.05) is 18.2 Å².